The van der Waals surface area contributed by atoms with E-state index in [1.165, 1.54) is 0 Å². The molecule has 0 saturated carbocycles. The minimum atomic E-state index is -0.998. The van der Waals surface area contributed by atoms with E-state index in [1.54, 1.807) is 0 Å². The van der Waals surface area contributed by atoms with Gasteiger partial charge in [0.1, 0.15) is 17.0 Å². The molecule has 4 aromatic rings. The van der Waals surface area contributed by atoms with Gasteiger partial charge in [-0.2, -0.15) is 0 Å². The summed E-state index contributed by atoms with van der Waals surface area (Å²) in [6.07, 6.45) is 6.03. The zero-order valence-corrected chi connectivity index (χ0v) is 19.6. The van der Waals surface area contributed by atoms with Crippen LogP contribution in [0, 0.1) is 6.92 Å². The van der Waals surface area contributed by atoms with Gasteiger partial charge >= 0.3 is 5.97 Å². The molecule has 6 nitrogen and oxygen atoms in total. The lowest BCUT2D eigenvalue weighted by Crippen LogP contribution is -2.43. The molecule has 1 atom stereocenters. The largest absolute Gasteiger partial charge is 0.493 e. The predicted octanol–water partition coefficient (Wildman–Crippen LogP) is 5.90. The molecule has 0 saturated heterocycles. The van der Waals surface area contributed by atoms with Crippen molar-refractivity contribution in [3.8, 4) is 17.2 Å². The molecule has 4 rings (SSSR count). The molecule has 0 radical (unpaired) electrons. The molecule has 0 fully saturated rings. The SMILES string of the molecule is CCC[C@](Cc1ccc(OCCc2nc(-c3ccccc3)oc2C)cc1)(C(=O)O)n1cccc1. The van der Waals surface area contributed by atoms with Gasteiger partial charge in [0.2, 0.25) is 5.89 Å². The average molecular weight is 459 g/mol. The normalized spacial score (nSPS) is 12.9. The zero-order chi connectivity index (χ0) is 24.0. The van der Waals surface area contributed by atoms with Crippen LogP contribution in [-0.4, -0.2) is 27.2 Å². The zero-order valence-electron chi connectivity index (χ0n) is 19.6. The highest BCUT2D eigenvalue weighted by molar-refractivity contribution is 5.77. The van der Waals surface area contributed by atoms with Gasteiger partial charge in [0.15, 0.2) is 0 Å². The number of carbonyl (C=O) groups is 1. The Morgan fingerprint density at radius 1 is 1.06 bits per heavy atom. The van der Waals surface area contributed by atoms with E-state index in [4.69, 9.17) is 9.15 Å². The number of aromatic nitrogens is 2. The first kappa shape index (κ1) is 23.4. The molecule has 34 heavy (non-hydrogen) atoms. The molecule has 6 heteroatoms. The van der Waals surface area contributed by atoms with Crippen molar-refractivity contribution in [1.29, 1.82) is 0 Å². The number of hydrogen-bond acceptors (Lipinski definition) is 4. The summed E-state index contributed by atoms with van der Waals surface area (Å²) in [4.78, 5) is 16.9. The third-order valence-electron chi connectivity index (χ3n) is 6.10. The Morgan fingerprint density at radius 3 is 2.41 bits per heavy atom. The maximum Gasteiger partial charge on any atom is 0.330 e. The average Bonchev–Trinajstić information content (AvgIpc) is 3.51. The summed E-state index contributed by atoms with van der Waals surface area (Å²) in [6, 6.07) is 21.3. The van der Waals surface area contributed by atoms with Crippen molar-refractivity contribution < 1.29 is 19.1 Å². The van der Waals surface area contributed by atoms with Crippen LogP contribution in [0.2, 0.25) is 0 Å². The molecule has 0 aliphatic rings. The molecule has 176 valence electrons. The second kappa shape index (κ2) is 10.4. The molecule has 0 amide bonds. The fourth-order valence-corrected chi connectivity index (χ4v) is 4.31. The van der Waals surface area contributed by atoms with Gasteiger partial charge in [0, 0.05) is 30.8 Å². The van der Waals surface area contributed by atoms with Crippen LogP contribution in [0.5, 0.6) is 5.75 Å². The van der Waals surface area contributed by atoms with E-state index in [-0.39, 0.29) is 0 Å². The summed E-state index contributed by atoms with van der Waals surface area (Å²) in [7, 11) is 0. The van der Waals surface area contributed by atoms with Gasteiger partial charge in [-0.05, 0) is 55.3 Å². The molecular weight excluding hydrogens is 428 g/mol. The van der Waals surface area contributed by atoms with Crippen molar-refractivity contribution in [2.75, 3.05) is 6.61 Å². The number of benzene rings is 2. The van der Waals surface area contributed by atoms with Crippen LogP contribution >= 0.6 is 0 Å². The van der Waals surface area contributed by atoms with Crippen LogP contribution in [0.4, 0.5) is 0 Å². The molecule has 0 bridgehead atoms. The third kappa shape index (κ3) is 5.06. The predicted molar refractivity (Wildman–Crippen MR) is 131 cm³/mol. The molecule has 0 aliphatic heterocycles. The molecule has 1 N–H and O–H groups in total. The maximum absolute atomic E-state index is 12.3. The van der Waals surface area contributed by atoms with Crippen LogP contribution in [0.3, 0.4) is 0 Å². The summed E-state index contributed by atoms with van der Waals surface area (Å²) in [5, 5.41) is 10.1. The highest BCUT2D eigenvalue weighted by atomic mass is 16.5. The fraction of sp³-hybridized carbons (Fsp3) is 0.286. The van der Waals surface area contributed by atoms with Crippen LogP contribution < -0.4 is 4.74 Å². The minimum absolute atomic E-state index is 0.408. The van der Waals surface area contributed by atoms with Gasteiger partial charge < -0.3 is 18.8 Å². The van der Waals surface area contributed by atoms with Crippen molar-refractivity contribution in [3.05, 3.63) is 96.1 Å². The summed E-state index contributed by atoms with van der Waals surface area (Å²) in [5.74, 6) is 1.34. The van der Waals surface area contributed by atoms with Crippen LogP contribution in [-0.2, 0) is 23.2 Å². The van der Waals surface area contributed by atoms with Crippen molar-refractivity contribution in [3.63, 3.8) is 0 Å². The minimum Gasteiger partial charge on any atom is -0.493 e. The van der Waals surface area contributed by atoms with E-state index in [2.05, 4.69) is 4.98 Å². The molecule has 0 spiro atoms. The lowest BCUT2D eigenvalue weighted by atomic mass is 9.86. The Balaban J connectivity index is 1.39. The number of nitrogens with zero attached hydrogens (tertiary/aromatic N) is 2. The molecule has 0 aliphatic carbocycles. The summed E-state index contributed by atoms with van der Waals surface area (Å²) < 4.78 is 13.6. The number of carboxylic acids is 1. The monoisotopic (exact) mass is 458 g/mol. The number of rotatable bonds is 11. The molecule has 0 unspecified atom stereocenters. The van der Waals surface area contributed by atoms with Crippen molar-refractivity contribution in [2.24, 2.45) is 0 Å². The summed E-state index contributed by atoms with van der Waals surface area (Å²) >= 11 is 0. The van der Waals surface area contributed by atoms with Gasteiger partial charge in [0.05, 0.1) is 12.3 Å². The standard InChI is InChI=1S/C28H30N2O4/c1-3-16-28(27(31)32,30-17-7-8-18-30)20-22-11-13-24(14-12-22)33-19-15-25-21(2)34-26(29-25)23-9-5-4-6-10-23/h4-14,17-18H,3,15-16,19-20H2,1-2H3,(H,31,32)/t28-/m0/s1. The van der Waals surface area contributed by atoms with Gasteiger partial charge in [0.25, 0.3) is 0 Å². The topological polar surface area (TPSA) is 77.5 Å². The second-order valence-corrected chi connectivity index (χ2v) is 8.48. The summed E-state index contributed by atoms with van der Waals surface area (Å²) in [6.45, 7) is 4.40. The van der Waals surface area contributed by atoms with E-state index in [9.17, 15) is 9.90 Å². The molecule has 2 aromatic carbocycles. The smallest absolute Gasteiger partial charge is 0.330 e. The lowest BCUT2D eigenvalue weighted by molar-refractivity contribution is -0.148. The number of hydrogen-bond donors (Lipinski definition) is 1. The first-order chi connectivity index (χ1) is 16.5. The Bertz CT molecular complexity index is 1200. The van der Waals surface area contributed by atoms with Crippen molar-refractivity contribution in [2.45, 2.75) is 45.1 Å². The summed E-state index contributed by atoms with van der Waals surface area (Å²) in [5.41, 5.74) is 1.79. The van der Waals surface area contributed by atoms with Crippen LogP contribution in [0.1, 0.15) is 36.8 Å². The van der Waals surface area contributed by atoms with E-state index in [0.29, 0.717) is 31.8 Å². The lowest BCUT2D eigenvalue weighted by Gasteiger charge is -2.31. The van der Waals surface area contributed by atoms with E-state index >= 15 is 0 Å². The molecule has 2 aromatic heterocycles. The van der Waals surface area contributed by atoms with Gasteiger partial charge in [-0.15, -0.1) is 0 Å². The number of aliphatic carboxylic acids is 1. The fourth-order valence-electron chi connectivity index (χ4n) is 4.31. The van der Waals surface area contributed by atoms with E-state index in [1.807, 2.05) is 97.5 Å². The van der Waals surface area contributed by atoms with Gasteiger partial charge in [-0.25, -0.2) is 9.78 Å². The number of oxazole rings is 1. The molecule has 2 heterocycles. The number of aryl methyl sites for hydroxylation is 1. The van der Waals surface area contributed by atoms with Gasteiger partial charge in [-0.1, -0.05) is 43.7 Å². The van der Waals surface area contributed by atoms with E-state index < -0.39 is 11.5 Å². The van der Waals surface area contributed by atoms with Crippen LogP contribution in [0.15, 0.2) is 83.5 Å². The number of carboxylic acid groups (broad SMARTS) is 1. The van der Waals surface area contributed by atoms with Crippen LogP contribution in [0.25, 0.3) is 11.5 Å². The second-order valence-electron chi connectivity index (χ2n) is 8.48. The highest BCUT2D eigenvalue weighted by Gasteiger charge is 2.39. The highest BCUT2D eigenvalue weighted by Crippen LogP contribution is 2.29. The first-order valence-electron chi connectivity index (χ1n) is 11.6. The number of ether oxygens (including phenoxy) is 1. The Morgan fingerprint density at radius 2 is 1.76 bits per heavy atom. The Kier molecular flexibility index (Phi) is 7.16. The van der Waals surface area contributed by atoms with Gasteiger partial charge in [-0.3, -0.25) is 0 Å². The Labute approximate surface area is 199 Å². The van der Waals surface area contributed by atoms with Crippen molar-refractivity contribution in [1.82, 2.24) is 9.55 Å². The maximum atomic E-state index is 12.3. The first-order valence-corrected chi connectivity index (χ1v) is 11.6. The third-order valence-corrected chi connectivity index (χ3v) is 6.10. The molecular formula is C28H30N2O4. The van der Waals surface area contributed by atoms with Crippen molar-refractivity contribution >= 4 is 5.97 Å². The quantitative estimate of drug-likeness (QED) is 0.303. The van der Waals surface area contributed by atoms with E-state index in [0.717, 1.165) is 34.8 Å². The Hall–Kier alpha value is -3.80.